The maximum atomic E-state index is 13.2. The summed E-state index contributed by atoms with van der Waals surface area (Å²) in [6, 6.07) is 6.83. The van der Waals surface area contributed by atoms with Crippen molar-refractivity contribution in [3.05, 3.63) is 53.9 Å². The number of nitrogens with zero attached hydrogens (tertiary/aromatic N) is 6. The van der Waals surface area contributed by atoms with Gasteiger partial charge in [-0.05, 0) is 44.0 Å². The smallest absolute Gasteiger partial charge is 0.243 e. The average Bonchev–Trinajstić information content (AvgIpc) is 3.17. The van der Waals surface area contributed by atoms with Crippen LogP contribution in [0.25, 0.3) is 5.82 Å². The molecule has 0 unspecified atom stereocenters. The van der Waals surface area contributed by atoms with Crippen molar-refractivity contribution >= 4 is 27.4 Å². The highest BCUT2D eigenvalue weighted by Crippen LogP contribution is 2.28. The van der Waals surface area contributed by atoms with E-state index in [0.717, 1.165) is 28.6 Å². The monoisotopic (exact) mass is 467 g/mol. The third-order valence-electron chi connectivity index (χ3n) is 6.31. The Bertz CT molecular complexity index is 1330. The fourth-order valence-electron chi connectivity index (χ4n) is 4.20. The van der Waals surface area contributed by atoms with Crippen molar-refractivity contribution < 1.29 is 13.2 Å². The maximum absolute atomic E-state index is 13.2. The third-order valence-corrected chi connectivity index (χ3v) is 8.20. The van der Waals surface area contributed by atoms with Gasteiger partial charge in [-0.15, -0.1) is 0 Å². The van der Waals surface area contributed by atoms with E-state index in [4.69, 9.17) is 0 Å². The minimum atomic E-state index is -3.62. The largest absolute Gasteiger partial charge is 0.354 e. The summed E-state index contributed by atoms with van der Waals surface area (Å²) in [6.07, 6.45) is 4.18. The Hall–Kier alpha value is -3.31. The second-order valence-corrected chi connectivity index (χ2v) is 10.2. The fraction of sp³-hybridized carbons (Fsp3) is 0.364. The highest BCUT2D eigenvalue weighted by molar-refractivity contribution is 7.89. The zero-order valence-electron chi connectivity index (χ0n) is 18.5. The van der Waals surface area contributed by atoms with Gasteiger partial charge in [-0.25, -0.2) is 23.4 Å². The van der Waals surface area contributed by atoms with Gasteiger partial charge < -0.3 is 10.2 Å². The first kappa shape index (κ1) is 21.5. The van der Waals surface area contributed by atoms with Crippen LogP contribution < -0.4 is 10.2 Å². The quantitative estimate of drug-likeness (QED) is 0.621. The first-order valence-electron chi connectivity index (χ1n) is 10.8. The van der Waals surface area contributed by atoms with E-state index in [1.54, 1.807) is 24.5 Å². The van der Waals surface area contributed by atoms with Crippen molar-refractivity contribution in [3.8, 4) is 5.82 Å². The number of carbonyl (C=O) groups is 1. The molecule has 2 aromatic heterocycles. The van der Waals surface area contributed by atoms with Gasteiger partial charge in [0.15, 0.2) is 0 Å². The van der Waals surface area contributed by atoms with E-state index in [0.29, 0.717) is 44.7 Å². The molecule has 0 atom stereocenters. The molecular weight excluding hydrogens is 442 g/mol. The number of imidazole rings is 1. The lowest BCUT2D eigenvalue weighted by Gasteiger charge is -2.34. The van der Waals surface area contributed by atoms with Crippen molar-refractivity contribution in [2.24, 2.45) is 0 Å². The summed E-state index contributed by atoms with van der Waals surface area (Å²) in [4.78, 5) is 27.0. The van der Waals surface area contributed by atoms with E-state index in [1.165, 1.54) is 10.6 Å². The molecular formula is C22H25N7O3S. The van der Waals surface area contributed by atoms with Crippen LogP contribution in [0.4, 0.5) is 11.5 Å². The molecule has 172 valence electrons. The van der Waals surface area contributed by atoms with E-state index in [-0.39, 0.29) is 10.8 Å². The van der Waals surface area contributed by atoms with Crippen LogP contribution >= 0.6 is 0 Å². The summed E-state index contributed by atoms with van der Waals surface area (Å²) < 4.78 is 29.9. The number of nitrogens with one attached hydrogen (secondary N) is 1. The summed E-state index contributed by atoms with van der Waals surface area (Å²) in [7, 11) is -3.62. The minimum Gasteiger partial charge on any atom is -0.354 e. The molecule has 5 rings (SSSR count). The molecule has 1 amide bonds. The summed E-state index contributed by atoms with van der Waals surface area (Å²) in [5, 5.41) is 2.79. The van der Waals surface area contributed by atoms with Crippen LogP contribution in [0.3, 0.4) is 0 Å². The molecule has 0 saturated carbocycles. The average molecular weight is 468 g/mol. The predicted molar refractivity (Wildman–Crippen MR) is 123 cm³/mol. The van der Waals surface area contributed by atoms with Crippen LogP contribution in [-0.4, -0.2) is 64.3 Å². The fourth-order valence-corrected chi connectivity index (χ4v) is 5.67. The van der Waals surface area contributed by atoms with Gasteiger partial charge in [0.1, 0.15) is 24.3 Å². The van der Waals surface area contributed by atoms with Gasteiger partial charge in [0.25, 0.3) is 0 Å². The number of hydrogen-bond donors (Lipinski definition) is 1. The third kappa shape index (κ3) is 3.98. The lowest BCUT2D eigenvalue weighted by Crippen LogP contribution is -2.49. The van der Waals surface area contributed by atoms with Crippen LogP contribution in [0.15, 0.2) is 41.8 Å². The van der Waals surface area contributed by atoms with Gasteiger partial charge in [0, 0.05) is 50.0 Å². The highest BCUT2D eigenvalue weighted by atomic mass is 32.2. The Balaban J connectivity index is 1.31. The zero-order valence-corrected chi connectivity index (χ0v) is 19.3. The molecule has 0 aliphatic carbocycles. The van der Waals surface area contributed by atoms with Crippen molar-refractivity contribution in [1.29, 1.82) is 0 Å². The normalized spacial score (nSPS) is 17.0. The molecule has 1 N–H and O–H groups in total. The van der Waals surface area contributed by atoms with Crippen LogP contribution in [0.2, 0.25) is 0 Å². The van der Waals surface area contributed by atoms with Gasteiger partial charge in [-0.3, -0.25) is 9.36 Å². The number of sulfonamides is 1. The van der Waals surface area contributed by atoms with Crippen LogP contribution in [0.5, 0.6) is 0 Å². The molecule has 10 nitrogen and oxygen atoms in total. The van der Waals surface area contributed by atoms with Gasteiger partial charge in [0.05, 0.1) is 10.6 Å². The van der Waals surface area contributed by atoms with E-state index >= 15 is 0 Å². The number of aromatic nitrogens is 4. The first-order chi connectivity index (χ1) is 15.8. The number of fused-ring (bicyclic) bond motifs is 1. The standard InChI is InChI=1S/C22H25N7O3S/c1-15-16(2)29(14-25-15)21-12-20(23-13-24-21)27-7-9-28(10-8-27)33(31,32)18-4-5-19-17(11-18)3-6-22(30)26-19/h4-5,11-14H,3,6-10H2,1-2H3,(H,26,30). The maximum Gasteiger partial charge on any atom is 0.243 e. The van der Waals surface area contributed by atoms with Crippen molar-refractivity contribution in [3.63, 3.8) is 0 Å². The molecule has 4 heterocycles. The van der Waals surface area contributed by atoms with Crippen molar-refractivity contribution in [2.45, 2.75) is 31.6 Å². The van der Waals surface area contributed by atoms with Crippen LogP contribution in [0.1, 0.15) is 23.4 Å². The highest BCUT2D eigenvalue weighted by Gasteiger charge is 2.30. The second-order valence-electron chi connectivity index (χ2n) is 8.28. The lowest BCUT2D eigenvalue weighted by molar-refractivity contribution is -0.116. The SMILES string of the molecule is Cc1ncn(-c2cc(N3CCN(S(=O)(=O)c4ccc5c(c4)CCC(=O)N5)CC3)ncn2)c1C. The van der Waals surface area contributed by atoms with Crippen LogP contribution in [-0.2, 0) is 21.2 Å². The number of amides is 1. The Kier molecular flexibility index (Phi) is 5.37. The van der Waals surface area contributed by atoms with Gasteiger partial charge in [-0.2, -0.15) is 4.31 Å². The number of rotatable bonds is 4. The summed E-state index contributed by atoms with van der Waals surface area (Å²) in [5.74, 6) is 1.45. The molecule has 1 fully saturated rings. The van der Waals surface area contributed by atoms with Gasteiger partial charge in [0.2, 0.25) is 15.9 Å². The van der Waals surface area contributed by atoms with Crippen LogP contribution in [0, 0.1) is 13.8 Å². The number of carbonyl (C=O) groups excluding carboxylic acids is 1. The van der Waals surface area contributed by atoms with Crippen molar-refractivity contribution in [2.75, 3.05) is 36.4 Å². The van der Waals surface area contributed by atoms with Gasteiger partial charge in [-0.1, -0.05) is 0 Å². The van der Waals surface area contributed by atoms with Gasteiger partial charge >= 0.3 is 0 Å². The van der Waals surface area contributed by atoms with E-state index in [1.807, 2.05) is 24.5 Å². The number of anilines is 2. The molecule has 1 saturated heterocycles. The molecule has 33 heavy (non-hydrogen) atoms. The minimum absolute atomic E-state index is 0.0413. The second kappa shape index (κ2) is 8.23. The summed E-state index contributed by atoms with van der Waals surface area (Å²) >= 11 is 0. The number of aryl methyl sites for hydroxylation is 2. The summed E-state index contributed by atoms with van der Waals surface area (Å²) in [6.45, 7) is 5.71. The molecule has 0 radical (unpaired) electrons. The van der Waals surface area contributed by atoms with E-state index < -0.39 is 10.0 Å². The lowest BCUT2D eigenvalue weighted by atomic mass is 10.0. The van der Waals surface area contributed by atoms with Crippen molar-refractivity contribution in [1.82, 2.24) is 23.8 Å². The molecule has 2 aliphatic heterocycles. The number of benzene rings is 1. The predicted octanol–water partition coefficient (Wildman–Crippen LogP) is 1.67. The molecule has 0 bridgehead atoms. The number of hydrogen-bond acceptors (Lipinski definition) is 7. The van der Waals surface area contributed by atoms with E-state index in [2.05, 4.69) is 25.2 Å². The topological polar surface area (TPSA) is 113 Å². The molecule has 1 aromatic carbocycles. The Morgan fingerprint density at radius 1 is 0.939 bits per heavy atom. The Morgan fingerprint density at radius 3 is 2.42 bits per heavy atom. The first-order valence-corrected chi connectivity index (χ1v) is 12.3. The Labute approximate surface area is 192 Å². The summed E-state index contributed by atoms with van der Waals surface area (Å²) in [5.41, 5.74) is 3.50. The molecule has 11 heteroatoms. The molecule has 0 spiro atoms. The van der Waals surface area contributed by atoms with E-state index in [9.17, 15) is 13.2 Å². The zero-order chi connectivity index (χ0) is 23.2. The Morgan fingerprint density at radius 2 is 1.70 bits per heavy atom. The number of piperazine rings is 1. The molecule has 2 aliphatic rings. The molecule has 3 aromatic rings.